The summed E-state index contributed by atoms with van der Waals surface area (Å²) in [4.78, 5) is 0. The molecule has 1 N–H and O–H groups in total. The maximum absolute atomic E-state index is 9.85. The molecule has 0 aliphatic carbocycles. The van der Waals surface area contributed by atoms with E-state index in [4.69, 9.17) is 4.74 Å². The third kappa shape index (κ3) is 3.05. The molecular weight excluding hydrogens is 272 g/mol. The van der Waals surface area contributed by atoms with E-state index in [0.717, 1.165) is 16.9 Å². The fourth-order valence-electron chi connectivity index (χ4n) is 2.34. The molecule has 2 nitrogen and oxygen atoms in total. The molecule has 108 valence electrons. The zero-order valence-electron chi connectivity index (χ0n) is 12.3. The van der Waals surface area contributed by atoms with Gasteiger partial charge in [-0.15, -0.1) is 0 Å². The Balaban J connectivity index is 1.82. The van der Waals surface area contributed by atoms with E-state index in [9.17, 15) is 5.11 Å². The van der Waals surface area contributed by atoms with E-state index in [1.165, 1.54) is 10.8 Å². The van der Waals surface area contributed by atoms with E-state index in [1.54, 1.807) is 19.2 Å². The lowest BCUT2D eigenvalue weighted by Crippen LogP contribution is -1.87. The predicted octanol–water partition coefficient (Wildman–Crippen LogP) is 4.15. The first-order valence-electron chi connectivity index (χ1n) is 7.10. The summed E-state index contributed by atoms with van der Waals surface area (Å²) < 4.78 is 5.16. The minimum atomic E-state index is 0.244. The molecule has 3 rings (SSSR count). The normalized spacial score (nSPS) is 10.0. The van der Waals surface area contributed by atoms with E-state index < -0.39 is 0 Å². The zero-order valence-corrected chi connectivity index (χ0v) is 12.3. The molecule has 0 saturated heterocycles. The molecule has 0 bridgehead atoms. The topological polar surface area (TPSA) is 29.5 Å². The average molecular weight is 288 g/mol. The lowest BCUT2D eigenvalue weighted by Gasteiger charge is -2.04. The van der Waals surface area contributed by atoms with Crippen LogP contribution in [0.5, 0.6) is 11.5 Å². The second kappa shape index (κ2) is 6.24. The number of hydrogen-bond donors (Lipinski definition) is 1. The Morgan fingerprint density at radius 2 is 1.77 bits per heavy atom. The summed E-state index contributed by atoms with van der Waals surface area (Å²) in [6, 6.07) is 19.5. The van der Waals surface area contributed by atoms with Crippen molar-refractivity contribution in [1.29, 1.82) is 0 Å². The Morgan fingerprint density at radius 3 is 2.59 bits per heavy atom. The minimum Gasteiger partial charge on any atom is -0.508 e. The summed E-state index contributed by atoms with van der Waals surface area (Å²) in [5, 5.41) is 12.2. The predicted molar refractivity (Wildman–Crippen MR) is 89.2 cm³/mol. The molecule has 0 heterocycles. The Kier molecular flexibility index (Phi) is 3.98. The molecule has 0 atom stereocenters. The minimum absolute atomic E-state index is 0.244. The summed E-state index contributed by atoms with van der Waals surface area (Å²) in [6.45, 7) is 0. The van der Waals surface area contributed by atoms with Gasteiger partial charge in [0.2, 0.25) is 0 Å². The summed E-state index contributed by atoms with van der Waals surface area (Å²) >= 11 is 0. The Bertz CT molecular complexity index is 869. The number of rotatable bonds is 2. The summed E-state index contributed by atoms with van der Waals surface area (Å²) in [5.41, 5.74) is 1.74. The lowest BCUT2D eigenvalue weighted by atomic mass is 10.1. The average Bonchev–Trinajstić information content (AvgIpc) is 2.56. The highest BCUT2D eigenvalue weighted by Gasteiger charge is 2.01. The van der Waals surface area contributed by atoms with Crippen LogP contribution in [0.4, 0.5) is 0 Å². The molecule has 0 spiro atoms. The van der Waals surface area contributed by atoms with Gasteiger partial charge in [0.05, 0.1) is 7.11 Å². The van der Waals surface area contributed by atoms with Gasteiger partial charge in [-0.1, -0.05) is 42.2 Å². The molecule has 3 aromatic rings. The summed E-state index contributed by atoms with van der Waals surface area (Å²) in [7, 11) is 1.61. The van der Waals surface area contributed by atoms with Crippen LogP contribution in [-0.2, 0) is 6.42 Å². The van der Waals surface area contributed by atoms with Crippen molar-refractivity contribution in [3.8, 4) is 23.3 Å². The first-order chi connectivity index (χ1) is 10.8. The standard InChI is InChI=1S/C20H16O2/c1-22-19-11-12-20(21)18(14-19)8-4-5-15-9-10-16-6-2-3-7-17(16)13-15/h2-3,6-7,9-14,21H,8H2,1H3. The molecule has 0 saturated carbocycles. The zero-order chi connectivity index (χ0) is 15.4. The third-order valence-electron chi connectivity index (χ3n) is 3.55. The Labute approximate surface area is 130 Å². The van der Waals surface area contributed by atoms with Gasteiger partial charge in [0.15, 0.2) is 0 Å². The van der Waals surface area contributed by atoms with Crippen LogP contribution < -0.4 is 4.74 Å². The molecule has 0 radical (unpaired) electrons. The number of benzene rings is 3. The number of hydrogen-bond acceptors (Lipinski definition) is 2. The highest BCUT2D eigenvalue weighted by Crippen LogP contribution is 2.23. The Hall–Kier alpha value is -2.92. The molecule has 0 aliphatic heterocycles. The fourth-order valence-corrected chi connectivity index (χ4v) is 2.34. The van der Waals surface area contributed by atoms with Gasteiger partial charge in [-0.05, 0) is 41.1 Å². The van der Waals surface area contributed by atoms with Gasteiger partial charge >= 0.3 is 0 Å². The van der Waals surface area contributed by atoms with Crippen LogP contribution in [-0.4, -0.2) is 12.2 Å². The van der Waals surface area contributed by atoms with Crippen molar-refractivity contribution in [3.63, 3.8) is 0 Å². The summed E-state index contributed by atoms with van der Waals surface area (Å²) in [6.07, 6.45) is 0.482. The van der Waals surface area contributed by atoms with Crippen molar-refractivity contribution >= 4 is 10.8 Å². The maximum atomic E-state index is 9.85. The van der Waals surface area contributed by atoms with Crippen molar-refractivity contribution in [1.82, 2.24) is 0 Å². The molecule has 0 unspecified atom stereocenters. The summed E-state index contributed by atoms with van der Waals surface area (Å²) in [5.74, 6) is 7.22. The van der Waals surface area contributed by atoms with Gasteiger partial charge in [-0.2, -0.15) is 0 Å². The quantitative estimate of drug-likeness (QED) is 0.718. The first-order valence-corrected chi connectivity index (χ1v) is 7.10. The second-order valence-corrected chi connectivity index (χ2v) is 5.04. The van der Waals surface area contributed by atoms with Crippen LogP contribution in [0.15, 0.2) is 60.7 Å². The van der Waals surface area contributed by atoms with Crippen molar-refractivity contribution in [3.05, 3.63) is 71.8 Å². The first kappa shape index (κ1) is 14.0. The van der Waals surface area contributed by atoms with E-state index in [0.29, 0.717) is 6.42 Å². The fraction of sp³-hybridized carbons (Fsp3) is 0.100. The molecule has 0 aromatic heterocycles. The van der Waals surface area contributed by atoms with Crippen LogP contribution in [0.1, 0.15) is 11.1 Å². The second-order valence-electron chi connectivity index (χ2n) is 5.04. The van der Waals surface area contributed by atoms with Gasteiger partial charge in [-0.25, -0.2) is 0 Å². The molecule has 0 fully saturated rings. The van der Waals surface area contributed by atoms with Gasteiger partial charge in [0, 0.05) is 17.5 Å². The SMILES string of the molecule is COc1ccc(O)c(CC#Cc2ccc3ccccc3c2)c1. The van der Waals surface area contributed by atoms with Crippen LogP contribution in [0.25, 0.3) is 10.8 Å². The molecule has 22 heavy (non-hydrogen) atoms. The number of methoxy groups -OCH3 is 1. The van der Waals surface area contributed by atoms with Crippen LogP contribution in [0, 0.1) is 11.8 Å². The van der Waals surface area contributed by atoms with Crippen LogP contribution in [0.2, 0.25) is 0 Å². The molecule has 3 aromatic carbocycles. The van der Waals surface area contributed by atoms with Crippen molar-refractivity contribution in [2.45, 2.75) is 6.42 Å². The van der Waals surface area contributed by atoms with Crippen LogP contribution in [0.3, 0.4) is 0 Å². The van der Waals surface area contributed by atoms with Crippen molar-refractivity contribution in [2.24, 2.45) is 0 Å². The van der Waals surface area contributed by atoms with E-state index in [1.807, 2.05) is 24.3 Å². The van der Waals surface area contributed by atoms with E-state index >= 15 is 0 Å². The number of aromatic hydroxyl groups is 1. The number of ether oxygens (including phenoxy) is 1. The molecule has 2 heteroatoms. The third-order valence-corrected chi connectivity index (χ3v) is 3.55. The number of fused-ring (bicyclic) bond motifs is 1. The van der Waals surface area contributed by atoms with Gasteiger partial charge in [-0.3, -0.25) is 0 Å². The monoisotopic (exact) mass is 288 g/mol. The van der Waals surface area contributed by atoms with Gasteiger partial charge in [0.25, 0.3) is 0 Å². The maximum Gasteiger partial charge on any atom is 0.120 e. The van der Waals surface area contributed by atoms with Gasteiger partial charge < -0.3 is 9.84 Å². The highest BCUT2D eigenvalue weighted by atomic mass is 16.5. The van der Waals surface area contributed by atoms with E-state index in [2.05, 4.69) is 36.1 Å². The van der Waals surface area contributed by atoms with Crippen molar-refractivity contribution in [2.75, 3.05) is 7.11 Å². The van der Waals surface area contributed by atoms with Crippen molar-refractivity contribution < 1.29 is 9.84 Å². The molecule has 0 amide bonds. The molecule has 0 aliphatic rings. The van der Waals surface area contributed by atoms with E-state index in [-0.39, 0.29) is 5.75 Å². The molecular formula is C20H16O2. The Morgan fingerprint density at radius 1 is 0.955 bits per heavy atom. The largest absolute Gasteiger partial charge is 0.508 e. The highest BCUT2D eigenvalue weighted by molar-refractivity contribution is 5.83. The van der Waals surface area contributed by atoms with Gasteiger partial charge in [0.1, 0.15) is 11.5 Å². The van der Waals surface area contributed by atoms with Crippen LogP contribution >= 0.6 is 0 Å². The lowest BCUT2D eigenvalue weighted by molar-refractivity contribution is 0.411. The smallest absolute Gasteiger partial charge is 0.120 e. The number of phenols is 1. The number of phenolic OH excluding ortho intramolecular Hbond substituents is 1.